The van der Waals surface area contributed by atoms with Gasteiger partial charge in [-0.2, -0.15) is 0 Å². The minimum atomic E-state index is 0.793. The Kier molecular flexibility index (Phi) is 4.18. The zero-order valence-corrected chi connectivity index (χ0v) is 10.4. The second-order valence-electron chi connectivity index (χ2n) is 4.59. The van der Waals surface area contributed by atoms with Crippen LogP contribution in [0.15, 0.2) is 30.5 Å². The summed E-state index contributed by atoms with van der Waals surface area (Å²) in [5.74, 6) is 0. The first-order chi connectivity index (χ1) is 8.31. The highest BCUT2D eigenvalue weighted by molar-refractivity contribution is 5.82. The molecular weight excluding hydrogens is 210 g/mol. The second-order valence-corrected chi connectivity index (χ2v) is 4.59. The number of nitrogens with zero attached hydrogens (tertiary/aromatic N) is 1. The van der Waals surface area contributed by atoms with Gasteiger partial charge in [0.25, 0.3) is 0 Å². The third-order valence-corrected chi connectivity index (χ3v) is 3.11. The van der Waals surface area contributed by atoms with Gasteiger partial charge in [-0.15, -0.1) is 0 Å². The van der Waals surface area contributed by atoms with Crippen molar-refractivity contribution in [2.45, 2.75) is 19.4 Å². The van der Waals surface area contributed by atoms with Gasteiger partial charge in [-0.3, -0.25) is 0 Å². The maximum Gasteiger partial charge on any atom is 0.0457 e. The number of para-hydroxylation sites is 1. The molecule has 0 aliphatic carbocycles. The summed E-state index contributed by atoms with van der Waals surface area (Å²) in [6.07, 6.45) is 4.40. The average molecular weight is 231 g/mol. The predicted molar refractivity (Wildman–Crippen MR) is 72.9 cm³/mol. The van der Waals surface area contributed by atoms with Crippen molar-refractivity contribution in [1.29, 1.82) is 0 Å². The van der Waals surface area contributed by atoms with E-state index < -0.39 is 0 Å². The molecule has 0 radical (unpaired) electrons. The molecule has 0 saturated heterocycles. The molecule has 1 aromatic carbocycles. The quantitative estimate of drug-likeness (QED) is 0.749. The number of hydrogen-bond donors (Lipinski definition) is 2. The fourth-order valence-electron chi connectivity index (χ4n) is 2.16. The molecule has 0 fully saturated rings. The van der Waals surface area contributed by atoms with E-state index in [4.69, 9.17) is 5.73 Å². The van der Waals surface area contributed by atoms with Crippen molar-refractivity contribution < 1.29 is 0 Å². The molecule has 2 rings (SSSR count). The molecule has 0 saturated carbocycles. The minimum absolute atomic E-state index is 0.793. The van der Waals surface area contributed by atoms with Crippen LogP contribution in [-0.4, -0.2) is 30.0 Å². The van der Waals surface area contributed by atoms with Crippen LogP contribution < -0.4 is 5.73 Å². The summed E-state index contributed by atoms with van der Waals surface area (Å²) in [6.45, 7) is 2.90. The van der Waals surface area contributed by atoms with Gasteiger partial charge < -0.3 is 15.6 Å². The van der Waals surface area contributed by atoms with E-state index in [9.17, 15) is 0 Å². The van der Waals surface area contributed by atoms with Gasteiger partial charge in [-0.25, -0.2) is 0 Å². The molecule has 3 N–H and O–H groups in total. The molecule has 0 aliphatic heterocycles. The first kappa shape index (κ1) is 12.1. The highest BCUT2D eigenvalue weighted by Gasteiger charge is 2.05. The monoisotopic (exact) mass is 231 g/mol. The molecule has 0 spiro atoms. The summed E-state index contributed by atoms with van der Waals surface area (Å²) in [5.41, 5.74) is 8.09. The third-order valence-electron chi connectivity index (χ3n) is 3.11. The smallest absolute Gasteiger partial charge is 0.0457 e. The third kappa shape index (κ3) is 3.08. The standard InChI is InChI=1S/C14H21N3/c1-17(9-5-4-8-15)11-12-10-16-14-7-3-2-6-13(12)14/h2-3,6-7,10,16H,4-5,8-9,11,15H2,1H3. The maximum absolute atomic E-state index is 5.50. The van der Waals surface area contributed by atoms with Crippen LogP contribution in [0.25, 0.3) is 10.9 Å². The molecule has 0 bridgehead atoms. The van der Waals surface area contributed by atoms with Crippen molar-refractivity contribution in [3.05, 3.63) is 36.0 Å². The molecule has 0 atom stereocenters. The highest BCUT2D eigenvalue weighted by Crippen LogP contribution is 2.18. The number of unbranched alkanes of at least 4 members (excludes halogenated alkanes) is 1. The normalized spacial score (nSPS) is 11.5. The molecular formula is C14H21N3. The van der Waals surface area contributed by atoms with Gasteiger partial charge in [0.05, 0.1) is 0 Å². The lowest BCUT2D eigenvalue weighted by Gasteiger charge is -2.15. The predicted octanol–water partition coefficient (Wildman–Crippen LogP) is 2.34. The maximum atomic E-state index is 5.50. The Balaban J connectivity index is 1.98. The Hall–Kier alpha value is -1.32. The minimum Gasteiger partial charge on any atom is -0.361 e. The molecule has 2 aromatic rings. The Bertz CT molecular complexity index is 461. The van der Waals surface area contributed by atoms with Gasteiger partial charge in [0.1, 0.15) is 0 Å². The molecule has 1 heterocycles. The van der Waals surface area contributed by atoms with E-state index in [1.54, 1.807) is 0 Å². The van der Waals surface area contributed by atoms with Crippen molar-refractivity contribution in [2.75, 3.05) is 20.1 Å². The summed E-state index contributed by atoms with van der Waals surface area (Å²) in [5, 5.41) is 1.33. The van der Waals surface area contributed by atoms with Crippen LogP contribution in [0, 0.1) is 0 Å². The van der Waals surface area contributed by atoms with Crippen molar-refractivity contribution >= 4 is 10.9 Å². The number of nitrogens with two attached hydrogens (primary N) is 1. The average Bonchev–Trinajstić information content (AvgIpc) is 2.73. The van der Waals surface area contributed by atoms with Crippen molar-refractivity contribution in [2.24, 2.45) is 5.73 Å². The molecule has 0 unspecified atom stereocenters. The van der Waals surface area contributed by atoms with Crippen LogP contribution in [0.1, 0.15) is 18.4 Å². The topological polar surface area (TPSA) is 45.0 Å². The number of benzene rings is 1. The number of H-pyrrole nitrogens is 1. The lowest BCUT2D eigenvalue weighted by Crippen LogP contribution is -2.19. The van der Waals surface area contributed by atoms with E-state index in [1.165, 1.54) is 22.9 Å². The Morgan fingerprint density at radius 3 is 2.88 bits per heavy atom. The van der Waals surface area contributed by atoms with Crippen LogP contribution in [0.4, 0.5) is 0 Å². The first-order valence-electron chi connectivity index (χ1n) is 6.25. The molecule has 0 aliphatic rings. The first-order valence-corrected chi connectivity index (χ1v) is 6.25. The second kappa shape index (κ2) is 5.84. The molecule has 92 valence electrons. The van der Waals surface area contributed by atoms with Gasteiger partial charge >= 0.3 is 0 Å². The largest absolute Gasteiger partial charge is 0.361 e. The Morgan fingerprint density at radius 2 is 2.06 bits per heavy atom. The fraction of sp³-hybridized carbons (Fsp3) is 0.429. The summed E-state index contributed by atoms with van der Waals surface area (Å²) in [4.78, 5) is 5.67. The molecule has 0 amide bonds. The molecule has 3 nitrogen and oxygen atoms in total. The molecule has 3 heteroatoms. The van der Waals surface area contributed by atoms with E-state index >= 15 is 0 Å². The number of nitrogens with one attached hydrogen (secondary N) is 1. The lowest BCUT2D eigenvalue weighted by atomic mass is 10.1. The van der Waals surface area contributed by atoms with Gasteiger partial charge in [0.2, 0.25) is 0 Å². The van der Waals surface area contributed by atoms with Crippen LogP contribution in [0.2, 0.25) is 0 Å². The number of aromatic amines is 1. The van der Waals surface area contributed by atoms with Gasteiger partial charge in [0, 0.05) is 23.6 Å². The van der Waals surface area contributed by atoms with Gasteiger partial charge in [0.15, 0.2) is 0 Å². The highest BCUT2D eigenvalue weighted by atomic mass is 15.1. The van der Waals surface area contributed by atoms with E-state index in [0.717, 1.165) is 26.1 Å². The molecule has 17 heavy (non-hydrogen) atoms. The van der Waals surface area contributed by atoms with E-state index in [0.29, 0.717) is 0 Å². The van der Waals surface area contributed by atoms with Crippen LogP contribution in [0.5, 0.6) is 0 Å². The number of rotatable bonds is 6. The summed E-state index contributed by atoms with van der Waals surface area (Å²) in [7, 11) is 2.16. The number of aromatic nitrogens is 1. The van der Waals surface area contributed by atoms with Crippen molar-refractivity contribution in [1.82, 2.24) is 9.88 Å². The van der Waals surface area contributed by atoms with Crippen molar-refractivity contribution in [3.63, 3.8) is 0 Å². The van der Waals surface area contributed by atoms with E-state index in [2.05, 4.69) is 47.4 Å². The Labute approximate surface area is 103 Å². The van der Waals surface area contributed by atoms with Crippen LogP contribution in [-0.2, 0) is 6.54 Å². The van der Waals surface area contributed by atoms with Crippen molar-refractivity contribution in [3.8, 4) is 0 Å². The number of hydrogen-bond acceptors (Lipinski definition) is 2. The lowest BCUT2D eigenvalue weighted by molar-refractivity contribution is 0.320. The van der Waals surface area contributed by atoms with E-state index in [-0.39, 0.29) is 0 Å². The summed E-state index contributed by atoms with van der Waals surface area (Å²) in [6, 6.07) is 8.45. The number of fused-ring (bicyclic) bond motifs is 1. The zero-order chi connectivity index (χ0) is 12.1. The summed E-state index contributed by atoms with van der Waals surface area (Å²) < 4.78 is 0. The van der Waals surface area contributed by atoms with E-state index in [1.807, 2.05) is 0 Å². The van der Waals surface area contributed by atoms with Gasteiger partial charge in [-0.1, -0.05) is 18.2 Å². The van der Waals surface area contributed by atoms with Crippen LogP contribution in [0.3, 0.4) is 0 Å². The SMILES string of the molecule is CN(CCCCN)Cc1c[nH]c2ccccc12. The molecule has 1 aromatic heterocycles. The van der Waals surface area contributed by atoms with Gasteiger partial charge in [-0.05, 0) is 44.6 Å². The summed E-state index contributed by atoms with van der Waals surface area (Å²) >= 11 is 0. The van der Waals surface area contributed by atoms with Crippen LogP contribution >= 0.6 is 0 Å². The zero-order valence-electron chi connectivity index (χ0n) is 10.4. The fourth-order valence-corrected chi connectivity index (χ4v) is 2.16. The Morgan fingerprint density at radius 1 is 1.24 bits per heavy atom.